The fourth-order valence-electron chi connectivity index (χ4n) is 4.19. The molecule has 3 N–H and O–H groups in total. The highest BCUT2D eigenvalue weighted by Crippen LogP contribution is 2.24. The monoisotopic (exact) mass is 431 g/mol. The summed E-state index contributed by atoms with van der Waals surface area (Å²) in [5.74, 6) is 0.523. The topological polar surface area (TPSA) is 116 Å². The van der Waals surface area contributed by atoms with E-state index in [-0.39, 0.29) is 5.91 Å². The Morgan fingerprint density at radius 1 is 1.22 bits per heavy atom. The fourth-order valence-corrected chi connectivity index (χ4v) is 4.19. The van der Waals surface area contributed by atoms with Gasteiger partial charge in [-0.25, -0.2) is 14.5 Å². The molecule has 1 amide bonds. The number of aromatic nitrogens is 6. The number of amides is 1. The quantitative estimate of drug-likeness (QED) is 0.412. The molecule has 0 spiro atoms. The van der Waals surface area contributed by atoms with E-state index in [0.717, 1.165) is 36.5 Å². The van der Waals surface area contributed by atoms with E-state index in [4.69, 9.17) is 0 Å². The molecule has 164 valence electrons. The summed E-state index contributed by atoms with van der Waals surface area (Å²) < 4.78 is 1.71. The second-order valence-corrected chi connectivity index (χ2v) is 7.81. The molecule has 1 fully saturated rings. The predicted molar refractivity (Wildman–Crippen MR) is 121 cm³/mol. The van der Waals surface area contributed by atoms with Gasteiger partial charge >= 0.3 is 0 Å². The lowest BCUT2D eigenvalue weighted by Gasteiger charge is -2.22. The van der Waals surface area contributed by atoms with Gasteiger partial charge in [-0.1, -0.05) is 6.92 Å². The van der Waals surface area contributed by atoms with Crippen LogP contribution in [0.4, 0.5) is 11.5 Å². The largest absolute Gasteiger partial charge is 0.350 e. The second-order valence-electron chi connectivity index (χ2n) is 7.81. The van der Waals surface area contributed by atoms with Crippen LogP contribution in [-0.4, -0.2) is 66.3 Å². The number of rotatable bonds is 7. The first kappa shape index (κ1) is 20.1. The summed E-state index contributed by atoms with van der Waals surface area (Å²) in [4.78, 5) is 23.8. The van der Waals surface area contributed by atoms with Crippen LogP contribution in [0.5, 0.6) is 0 Å². The normalized spacial score (nSPS) is 16.5. The van der Waals surface area contributed by atoms with Gasteiger partial charge in [0.2, 0.25) is 0 Å². The molecule has 0 bridgehead atoms. The molecule has 1 atom stereocenters. The Labute approximate surface area is 185 Å². The number of H-pyrrole nitrogens is 1. The third-order valence-electron chi connectivity index (χ3n) is 5.91. The van der Waals surface area contributed by atoms with Crippen molar-refractivity contribution < 1.29 is 4.79 Å². The summed E-state index contributed by atoms with van der Waals surface area (Å²) in [6.07, 6.45) is 9.04. The van der Waals surface area contributed by atoms with E-state index >= 15 is 0 Å². The number of fused-ring (bicyclic) bond motifs is 1. The van der Waals surface area contributed by atoms with Crippen LogP contribution in [0.1, 0.15) is 30.1 Å². The minimum atomic E-state index is -0.0538. The summed E-state index contributed by atoms with van der Waals surface area (Å²) in [5.41, 5.74) is 3.69. The standard InChI is InChI=1S/C22H25N9O/c1-2-30-9-3-4-18(30)12-24-22(32)15-5-7-17(8-6-15)29-20-21-25-14-28-31(21)19(13-23-20)16-10-26-27-11-16/h5-8,10-11,13-14,18H,2-4,9,12H2,1H3,(H,23,29)(H,24,32)(H,26,27)/t18-/m0/s1. The number of hydrogen-bond donors (Lipinski definition) is 3. The summed E-state index contributed by atoms with van der Waals surface area (Å²) in [6.45, 7) is 4.99. The van der Waals surface area contributed by atoms with Crippen LogP contribution in [0.15, 0.2) is 49.2 Å². The van der Waals surface area contributed by atoms with E-state index in [1.807, 2.05) is 24.3 Å². The Balaban J connectivity index is 1.27. The number of likely N-dealkylation sites (N-methyl/N-ethyl adjacent to an activating group) is 1. The predicted octanol–water partition coefficient (Wildman–Crippen LogP) is 2.47. The van der Waals surface area contributed by atoms with Crippen LogP contribution in [0, 0.1) is 0 Å². The van der Waals surface area contributed by atoms with Crippen LogP contribution < -0.4 is 10.6 Å². The average molecular weight is 432 g/mol. The molecule has 1 aromatic carbocycles. The van der Waals surface area contributed by atoms with E-state index in [1.54, 1.807) is 23.1 Å². The summed E-state index contributed by atoms with van der Waals surface area (Å²) in [5, 5.41) is 17.4. The average Bonchev–Trinajstić information content (AvgIpc) is 3.60. The molecule has 3 aromatic heterocycles. The van der Waals surface area contributed by atoms with Crippen molar-refractivity contribution in [1.29, 1.82) is 0 Å². The Morgan fingerprint density at radius 3 is 2.88 bits per heavy atom. The summed E-state index contributed by atoms with van der Waals surface area (Å²) >= 11 is 0. The van der Waals surface area contributed by atoms with Gasteiger partial charge in [-0.2, -0.15) is 10.2 Å². The van der Waals surface area contributed by atoms with Crippen molar-refractivity contribution in [2.75, 3.05) is 25.0 Å². The van der Waals surface area contributed by atoms with Crippen LogP contribution in [0.25, 0.3) is 16.9 Å². The number of aromatic amines is 1. The molecule has 32 heavy (non-hydrogen) atoms. The number of nitrogens with zero attached hydrogens (tertiary/aromatic N) is 6. The summed E-state index contributed by atoms with van der Waals surface area (Å²) in [7, 11) is 0. The molecule has 1 aliphatic rings. The zero-order valence-electron chi connectivity index (χ0n) is 17.8. The fraction of sp³-hybridized carbons (Fsp3) is 0.318. The van der Waals surface area contributed by atoms with Crippen LogP contribution in [0.3, 0.4) is 0 Å². The Bertz CT molecular complexity index is 1200. The van der Waals surface area contributed by atoms with Gasteiger partial charge in [0.1, 0.15) is 6.33 Å². The first-order valence-corrected chi connectivity index (χ1v) is 10.8. The van der Waals surface area contributed by atoms with Gasteiger partial charge in [0.25, 0.3) is 5.91 Å². The third kappa shape index (κ3) is 3.92. The Kier molecular flexibility index (Phi) is 5.51. The van der Waals surface area contributed by atoms with Crippen molar-refractivity contribution in [2.24, 2.45) is 0 Å². The minimum Gasteiger partial charge on any atom is -0.350 e. The smallest absolute Gasteiger partial charge is 0.251 e. The number of benzene rings is 1. The molecule has 0 unspecified atom stereocenters. The molecule has 4 aromatic rings. The molecule has 4 heterocycles. The van der Waals surface area contributed by atoms with Crippen LogP contribution >= 0.6 is 0 Å². The lowest BCUT2D eigenvalue weighted by Crippen LogP contribution is -2.40. The first-order chi connectivity index (χ1) is 15.7. The molecule has 0 radical (unpaired) electrons. The number of carbonyl (C=O) groups is 1. The number of nitrogens with one attached hydrogen (secondary N) is 3. The third-order valence-corrected chi connectivity index (χ3v) is 5.91. The lowest BCUT2D eigenvalue weighted by atomic mass is 10.1. The maximum absolute atomic E-state index is 12.6. The zero-order chi connectivity index (χ0) is 21.9. The van der Waals surface area contributed by atoms with Gasteiger partial charge in [0.15, 0.2) is 11.5 Å². The van der Waals surface area contributed by atoms with Crippen LogP contribution in [0.2, 0.25) is 0 Å². The van der Waals surface area contributed by atoms with Crippen molar-refractivity contribution in [2.45, 2.75) is 25.8 Å². The van der Waals surface area contributed by atoms with Gasteiger partial charge in [0, 0.05) is 35.6 Å². The van der Waals surface area contributed by atoms with Crippen LogP contribution in [-0.2, 0) is 0 Å². The molecule has 0 saturated carbocycles. The minimum absolute atomic E-state index is 0.0538. The molecule has 5 rings (SSSR count). The Hall–Kier alpha value is -3.79. The zero-order valence-corrected chi connectivity index (χ0v) is 17.8. The maximum atomic E-state index is 12.6. The van der Waals surface area contributed by atoms with Crippen molar-refractivity contribution >= 4 is 23.1 Å². The molecular formula is C22H25N9O. The highest BCUT2D eigenvalue weighted by Gasteiger charge is 2.23. The SMILES string of the molecule is CCN1CCC[C@H]1CNC(=O)c1ccc(Nc2ncc(-c3cn[nH]c3)n3ncnc23)cc1. The lowest BCUT2D eigenvalue weighted by molar-refractivity contribution is 0.0941. The van der Waals surface area contributed by atoms with Gasteiger partial charge < -0.3 is 10.6 Å². The van der Waals surface area contributed by atoms with Gasteiger partial charge in [-0.3, -0.25) is 14.8 Å². The van der Waals surface area contributed by atoms with E-state index in [0.29, 0.717) is 29.6 Å². The van der Waals surface area contributed by atoms with Crippen molar-refractivity contribution in [3.63, 3.8) is 0 Å². The van der Waals surface area contributed by atoms with Gasteiger partial charge in [-0.05, 0) is 50.2 Å². The van der Waals surface area contributed by atoms with Crippen molar-refractivity contribution in [3.05, 3.63) is 54.7 Å². The molecule has 0 aliphatic carbocycles. The molecule has 10 nitrogen and oxygen atoms in total. The number of hydrogen-bond acceptors (Lipinski definition) is 7. The highest BCUT2D eigenvalue weighted by atomic mass is 16.1. The number of likely N-dealkylation sites (tertiary alicyclic amines) is 1. The molecule has 1 aliphatic heterocycles. The van der Waals surface area contributed by atoms with Crippen molar-refractivity contribution in [3.8, 4) is 11.3 Å². The number of carbonyl (C=O) groups excluding carboxylic acids is 1. The van der Waals surface area contributed by atoms with Crippen molar-refractivity contribution in [1.82, 2.24) is 40.0 Å². The van der Waals surface area contributed by atoms with E-state index in [9.17, 15) is 4.79 Å². The highest BCUT2D eigenvalue weighted by molar-refractivity contribution is 5.94. The molecule has 1 saturated heterocycles. The Morgan fingerprint density at radius 2 is 2.09 bits per heavy atom. The summed E-state index contributed by atoms with van der Waals surface area (Å²) in [6, 6.07) is 7.78. The second kappa shape index (κ2) is 8.75. The van der Waals surface area contributed by atoms with E-state index < -0.39 is 0 Å². The molecular weight excluding hydrogens is 406 g/mol. The first-order valence-electron chi connectivity index (χ1n) is 10.8. The van der Waals surface area contributed by atoms with Gasteiger partial charge in [0.05, 0.1) is 18.1 Å². The maximum Gasteiger partial charge on any atom is 0.251 e. The van der Waals surface area contributed by atoms with E-state index in [1.165, 1.54) is 12.7 Å². The number of anilines is 2. The van der Waals surface area contributed by atoms with Gasteiger partial charge in [-0.15, -0.1) is 0 Å². The molecule has 10 heteroatoms. The van der Waals surface area contributed by atoms with E-state index in [2.05, 4.69) is 47.7 Å².